The first-order chi connectivity index (χ1) is 11.8. The highest BCUT2D eigenvalue weighted by Crippen LogP contribution is 2.37. The van der Waals surface area contributed by atoms with Gasteiger partial charge < -0.3 is 15.9 Å². The Morgan fingerprint density at radius 2 is 2.20 bits per heavy atom. The van der Waals surface area contributed by atoms with Crippen LogP contribution in [0.5, 0.6) is 0 Å². The van der Waals surface area contributed by atoms with Crippen molar-refractivity contribution >= 4 is 40.9 Å². The summed E-state index contributed by atoms with van der Waals surface area (Å²) in [6.45, 7) is 1.80. The molecule has 0 bridgehead atoms. The van der Waals surface area contributed by atoms with Crippen LogP contribution < -0.4 is 5.73 Å². The molecule has 3 rings (SSSR count). The van der Waals surface area contributed by atoms with Crippen molar-refractivity contribution in [3.05, 3.63) is 33.6 Å². The maximum absolute atomic E-state index is 11.9. The molecule has 8 nitrogen and oxygen atoms in total. The van der Waals surface area contributed by atoms with Crippen molar-refractivity contribution in [2.24, 2.45) is 5.73 Å². The van der Waals surface area contributed by atoms with E-state index in [1.54, 1.807) is 13.0 Å². The van der Waals surface area contributed by atoms with Crippen LogP contribution in [0.1, 0.15) is 17.0 Å². The molecule has 0 radical (unpaired) electrons. The highest BCUT2D eigenvalue weighted by atomic mass is 32.2. The van der Waals surface area contributed by atoms with Crippen LogP contribution in [0.2, 0.25) is 0 Å². The number of aromatic nitrogens is 1. The van der Waals surface area contributed by atoms with Gasteiger partial charge in [0.25, 0.3) is 5.91 Å². The Hall–Kier alpha value is -2.17. The molecule has 4 N–H and O–H groups in total. The lowest BCUT2D eigenvalue weighted by atomic mass is 9.93. The zero-order valence-corrected chi connectivity index (χ0v) is 14.8. The standard InChI is InChI=1S/C15H15N3O5S2/c1-6-8(4-10(19)20)17-15(25-6)24-5-7-2-3-9-11(16)13(21)18(9)12(7)14(22)23/h3,11H,2,4-5,16H2,1H3,(H,19,20)(H,22,23). The average molecular weight is 381 g/mol. The van der Waals surface area contributed by atoms with Gasteiger partial charge in [0.2, 0.25) is 0 Å². The molecule has 1 fully saturated rings. The lowest BCUT2D eigenvalue weighted by molar-refractivity contribution is -0.143. The summed E-state index contributed by atoms with van der Waals surface area (Å²) in [5.41, 5.74) is 7.29. The number of aryl methyl sites for hydroxylation is 1. The molecule has 132 valence electrons. The number of hydrogen-bond donors (Lipinski definition) is 3. The summed E-state index contributed by atoms with van der Waals surface area (Å²) in [6.07, 6.45) is 2.05. The lowest BCUT2D eigenvalue weighted by Gasteiger charge is -2.42. The van der Waals surface area contributed by atoms with Crippen molar-refractivity contribution in [3.8, 4) is 0 Å². The lowest BCUT2D eigenvalue weighted by Crippen LogP contribution is -2.60. The molecule has 0 spiro atoms. The minimum absolute atomic E-state index is 0.0317. The number of rotatable bonds is 6. The first-order valence-corrected chi connectivity index (χ1v) is 9.15. The number of thioether (sulfide) groups is 1. The number of amides is 1. The number of nitrogens with two attached hydrogens (primary N) is 1. The van der Waals surface area contributed by atoms with Gasteiger partial charge in [0.1, 0.15) is 11.7 Å². The van der Waals surface area contributed by atoms with Crippen molar-refractivity contribution in [1.82, 2.24) is 9.88 Å². The number of β-lactam (4-membered cyclic amide) rings is 1. The van der Waals surface area contributed by atoms with Gasteiger partial charge in [-0.25, -0.2) is 9.78 Å². The number of aliphatic carboxylic acids is 2. The number of carboxylic acids is 2. The van der Waals surface area contributed by atoms with Gasteiger partial charge >= 0.3 is 11.9 Å². The van der Waals surface area contributed by atoms with Gasteiger partial charge in [0, 0.05) is 16.3 Å². The van der Waals surface area contributed by atoms with Gasteiger partial charge in [0.15, 0.2) is 4.34 Å². The van der Waals surface area contributed by atoms with E-state index in [1.807, 2.05) is 0 Å². The summed E-state index contributed by atoms with van der Waals surface area (Å²) in [5.74, 6) is -2.18. The molecule has 0 aromatic carbocycles. The van der Waals surface area contributed by atoms with Gasteiger partial charge in [-0.2, -0.15) is 0 Å². The fourth-order valence-corrected chi connectivity index (χ4v) is 4.87. The Morgan fingerprint density at radius 3 is 2.84 bits per heavy atom. The molecule has 1 aromatic heterocycles. The fourth-order valence-electron chi connectivity index (χ4n) is 2.70. The van der Waals surface area contributed by atoms with E-state index in [4.69, 9.17) is 10.8 Å². The Bertz CT molecular complexity index is 842. The molecular weight excluding hydrogens is 366 g/mol. The van der Waals surface area contributed by atoms with E-state index in [-0.39, 0.29) is 12.1 Å². The highest BCUT2D eigenvalue weighted by molar-refractivity contribution is 8.01. The molecule has 1 atom stereocenters. The van der Waals surface area contributed by atoms with Gasteiger partial charge in [0.05, 0.1) is 12.1 Å². The van der Waals surface area contributed by atoms with Crippen LogP contribution in [-0.2, 0) is 20.8 Å². The number of fused-ring (bicyclic) bond motifs is 1. The van der Waals surface area contributed by atoms with E-state index in [2.05, 4.69) is 4.98 Å². The quantitative estimate of drug-likeness (QED) is 0.490. The molecule has 2 aliphatic heterocycles. The van der Waals surface area contributed by atoms with Crippen LogP contribution in [0.3, 0.4) is 0 Å². The van der Waals surface area contributed by atoms with Gasteiger partial charge in [-0.1, -0.05) is 17.8 Å². The third-order valence-electron chi connectivity index (χ3n) is 3.94. The molecule has 1 amide bonds. The number of hydrogen-bond acceptors (Lipinski definition) is 7. The SMILES string of the molecule is Cc1sc(SCC2=C(C(=O)O)N3C(=O)C(N)C3=CC2)nc1CC(=O)O. The maximum atomic E-state index is 11.9. The molecule has 0 saturated carbocycles. The predicted molar refractivity (Wildman–Crippen MR) is 91.1 cm³/mol. The Balaban J connectivity index is 1.77. The van der Waals surface area contributed by atoms with Gasteiger partial charge in [-0.15, -0.1) is 11.3 Å². The number of carbonyl (C=O) groups excluding carboxylic acids is 1. The number of thiazole rings is 1. The fraction of sp³-hybridized carbons (Fsp3) is 0.333. The maximum Gasteiger partial charge on any atom is 0.352 e. The van der Waals surface area contributed by atoms with Crippen LogP contribution >= 0.6 is 23.1 Å². The normalized spacial score (nSPS) is 19.4. The van der Waals surface area contributed by atoms with Crippen LogP contribution in [0.4, 0.5) is 0 Å². The van der Waals surface area contributed by atoms with Crippen molar-refractivity contribution in [3.63, 3.8) is 0 Å². The number of carbonyl (C=O) groups is 3. The van der Waals surface area contributed by atoms with Crippen LogP contribution in [-0.4, -0.2) is 49.7 Å². The Kier molecular flexibility index (Phi) is 4.67. The van der Waals surface area contributed by atoms with Gasteiger partial charge in [-0.3, -0.25) is 14.5 Å². The highest BCUT2D eigenvalue weighted by Gasteiger charge is 2.46. The molecule has 25 heavy (non-hydrogen) atoms. The largest absolute Gasteiger partial charge is 0.481 e. The van der Waals surface area contributed by atoms with Crippen LogP contribution in [0.15, 0.2) is 27.4 Å². The topological polar surface area (TPSA) is 134 Å². The predicted octanol–water partition coefficient (Wildman–Crippen LogP) is 0.967. The second kappa shape index (κ2) is 6.62. The van der Waals surface area contributed by atoms with E-state index in [1.165, 1.54) is 23.1 Å². The van der Waals surface area contributed by atoms with E-state index in [0.29, 0.717) is 33.5 Å². The van der Waals surface area contributed by atoms with Gasteiger partial charge in [-0.05, 0) is 18.9 Å². The molecule has 1 aromatic rings. The van der Waals surface area contributed by atoms with E-state index < -0.39 is 23.9 Å². The molecule has 1 saturated heterocycles. The van der Waals surface area contributed by atoms with E-state index in [0.717, 1.165) is 9.78 Å². The zero-order chi connectivity index (χ0) is 18.3. The molecule has 10 heteroatoms. The molecule has 0 aliphatic carbocycles. The second-order valence-electron chi connectivity index (χ2n) is 5.58. The van der Waals surface area contributed by atoms with Crippen LogP contribution in [0.25, 0.3) is 0 Å². The number of allylic oxidation sites excluding steroid dienone is 1. The summed E-state index contributed by atoms with van der Waals surface area (Å²) < 4.78 is 0.674. The van der Waals surface area contributed by atoms with Crippen molar-refractivity contribution < 1.29 is 24.6 Å². The number of nitrogens with zero attached hydrogens (tertiary/aromatic N) is 2. The molecular formula is C15H15N3O5S2. The summed E-state index contributed by atoms with van der Waals surface area (Å²) in [6, 6.07) is -0.747. The number of carboxylic acid groups (broad SMARTS) is 2. The van der Waals surface area contributed by atoms with Crippen molar-refractivity contribution in [2.75, 3.05) is 5.75 Å². The monoisotopic (exact) mass is 381 g/mol. The summed E-state index contributed by atoms with van der Waals surface area (Å²) in [5, 5.41) is 18.3. The minimum atomic E-state index is -1.16. The summed E-state index contributed by atoms with van der Waals surface area (Å²) in [4.78, 5) is 40.6. The second-order valence-corrected chi connectivity index (χ2v) is 8.01. The summed E-state index contributed by atoms with van der Waals surface area (Å²) in [7, 11) is 0. The minimum Gasteiger partial charge on any atom is -0.481 e. The molecule has 2 aliphatic rings. The molecule has 3 heterocycles. The smallest absolute Gasteiger partial charge is 0.352 e. The van der Waals surface area contributed by atoms with E-state index in [9.17, 15) is 19.5 Å². The first kappa shape index (κ1) is 17.6. The zero-order valence-electron chi connectivity index (χ0n) is 13.2. The first-order valence-electron chi connectivity index (χ1n) is 7.35. The van der Waals surface area contributed by atoms with Crippen molar-refractivity contribution in [2.45, 2.75) is 30.1 Å². The average Bonchev–Trinajstić information content (AvgIpc) is 2.90. The molecule has 1 unspecified atom stereocenters. The summed E-state index contributed by atoms with van der Waals surface area (Å²) >= 11 is 2.71. The third kappa shape index (κ3) is 3.20. The van der Waals surface area contributed by atoms with E-state index >= 15 is 0 Å². The Labute approximate surface area is 151 Å². The van der Waals surface area contributed by atoms with Crippen LogP contribution in [0, 0.1) is 6.92 Å². The van der Waals surface area contributed by atoms with Crippen molar-refractivity contribution in [1.29, 1.82) is 0 Å². The Morgan fingerprint density at radius 1 is 1.48 bits per heavy atom. The third-order valence-corrected chi connectivity index (χ3v) is 6.19.